The minimum absolute atomic E-state index is 0.0276. The first-order chi connectivity index (χ1) is 12.4. The molecule has 0 unspecified atom stereocenters. The van der Waals surface area contributed by atoms with E-state index in [2.05, 4.69) is 15.2 Å². The largest absolute Gasteiger partial charge is 0.368 e. The third kappa shape index (κ3) is 3.43. The van der Waals surface area contributed by atoms with Gasteiger partial charge < -0.3 is 10.6 Å². The number of rotatable bonds is 5. The SMILES string of the molecule is CN(C(=O)CSc1n[nH]c(N)n1)[C@@]1(c2ccccc2Cl)CCCCC1=O. The molecule has 3 N–H and O–H groups in total. The Morgan fingerprint density at radius 1 is 1.42 bits per heavy atom. The van der Waals surface area contributed by atoms with Gasteiger partial charge in [0.05, 0.1) is 5.75 Å². The molecule has 1 aromatic heterocycles. The van der Waals surface area contributed by atoms with Crippen molar-refractivity contribution in [2.24, 2.45) is 0 Å². The van der Waals surface area contributed by atoms with Crippen molar-refractivity contribution in [1.82, 2.24) is 20.1 Å². The number of thioether (sulfide) groups is 1. The van der Waals surface area contributed by atoms with Crippen molar-refractivity contribution in [1.29, 1.82) is 0 Å². The van der Waals surface area contributed by atoms with E-state index in [1.165, 1.54) is 11.8 Å². The van der Waals surface area contributed by atoms with Gasteiger partial charge in [0.15, 0.2) is 5.78 Å². The number of nitrogen functional groups attached to an aromatic ring is 1. The first-order valence-corrected chi connectivity index (χ1v) is 9.67. The van der Waals surface area contributed by atoms with E-state index in [1.807, 2.05) is 18.2 Å². The molecular formula is C17H20ClN5O2S. The number of benzene rings is 1. The van der Waals surface area contributed by atoms with E-state index in [9.17, 15) is 9.59 Å². The van der Waals surface area contributed by atoms with E-state index in [-0.39, 0.29) is 23.4 Å². The zero-order valence-corrected chi connectivity index (χ0v) is 15.9. The third-order valence-corrected chi connectivity index (χ3v) is 5.89. The zero-order chi connectivity index (χ0) is 18.7. The summed E-state index contributed by atoms with van der Waals surface area (Å²) in [6.07, 6.45) is 2.70. The number of likely N-dealkylation sites (N-methyl/N-ethyl adjacent to an activating group) is 1. The van der Waals surface area contributed by atoms with Gasteiger partial charge in [0.2, 0.25) is 17.0 Å². The number of Topliss-reactive ketones (excluding diaryl/α,β-unsaturated/α-hetero) is 1. The molecule has 1 aliphatic rings. The van der Waals surface area contributed by atoms with Gasteiger partial charge in [-0.1, -0.05) is 41.6 Å². The fourth-order valence-corrected chi connectivity index (χ4v) is 4.40. The molecule has 2 aromatic rings. The lowest BCUT2D eigenvalue weighted by atomic mass is 9.74. The van der Waals surface area contributed by atoms with E-state index in [0.29, 0.717) is 28.6 Å². The van der Waals surface area contributed by atoms with Gasteiger partial charge in [0.1, 0.15) is 5.54 Å². The molecule has 1 amide bonds. The molecule has 0 spiro atoms. The molecule has 138 valence electrons. The van der Waals surface area contributed by atoms with Crippen LogP contribution in [0.4, 0.5) is 5.95 Å². The van der Waals surface area contributed by atoms with Crippen LogP contribution in [0.2, 0.25) is 5.02 Å². The van der Waals surface area contributed by atoms with E-state index in [1.54, 1.807) is 18.0 Å². The van der Waals surface area contributed by atoms with Crippen molar-refractivity contribution in [3.63, 3.8) is 0 Å². The summed E-state index contributed by atoms with van der Waals surface area (Å²) in [5.41, 5.74) is 5.16. The van der Waals surface area contributed by atoms with Crippen LogP contribution in [0, 0.1) is 0 Å². The number of amides is 1. The molecule has 1 heterocycles. The van der Waals surface area contributed by atoms with Crippen LogP contribution in [0.15, 0.2) is 29.4 Å². The molecule has 0 bridgehead atoms. The summed E-state index contributed by atoms with van der Waals surface area (Å²) < 4.78 is 0. The Hall–Kier alpha value is -2.06. The maximum atomic E-state index is 13.0. The lowest BCUT2D eigenvalue weighted by Gasteiger charge is -2.44. The second kappa shape index (κ2) is 7.67. The molecule has 1 atom stereocenters. The Balaban J connectivity index is 1.87. The molecular weight excluding hydrogens is 374 g/mol. The monoisotopic (exact) mass is 393 g/mol. The van der Waals surface area contributed by atoms with Crippen LogP contribution in [-0.2, 0) is 15.1 Å². The van der Waals surface area contributed by atoms with Crippen LogP contribution in [0.1, 0.15) is 31.2 Å². The number of carbonyl (C=O) groups excluding carboxylic acids is 2. The standard InChI is InChI=1S/C17H20ClN5O2S/c1-23(14(25)10-26-16-20-15(19)21-22-16)17(9-5-4-8-13(17)24)11-6-2-3-7-12(11)18/h2-3,6-7H,4-5,8-10H2,1H3,(H3,19,20,21,22)/t17-/m1/s1. The Morgan fingerprint density at radius 2 is 2.19 bits per heavy atom. The van der Waals surface area contributed by atoms with Crippen LogP contribution in [0.25, 0.3) is 0 Å². The number of nitrogens with one attached hydrogen (secondary N) is 1. The van der Waals surface area contributed by atoms with Crippen LogP contribution in [0.5, 0.6) is 0 Å². The van der Waals surface area contributed by atoms with Crippen LogP contribution in [0.3, 0.4) is 0 Å². The molecule has 3 rings (SSSR count). The normalized spacial score (nSPS) is 20.2. The highest BCUT2D eigenvalue weighted by molar-refractivity contribution is 7.99. The predicted molar refractivity (Wildman–Crippen MR) is 101 cm³/mol. The molecule has 0 aliphatic heterocycles. The van der Waals surface area contributed by atoms with E-state index >= 15 is 0 Å². The summed E-state index contributed by atoms with van der Waals surface area (Å²) in [7, 11) is 1.67. The molecule has 0 radical (unpaired) electrons. The van der Waals surface area contributed by atoms with Gasteiger partial charge >= 0.3 is 0 Å². The Labute approximate surface area is 160 Å². The molecule has 1 aliphatic carbocycles. The molecule has 9 heteroatoms. The van der Waals surface area contributed by atoms with Gasteiger partial charge in [0.25, 0.3) is 0 Å². The van der Waals surface area contributed by atoms with Crippen LogP contribution >= 0.6 is 23.4 Å². The summed E-state index contributed by atoms with van der Waals surface area (Å²) in [5, 5.41) is 7.33. The Morgan fingerprint density at radius 3 is 2.85 bits per heavy atom. The quantitative estimate of drug-likeness (QED) is 0.756. The van der Waals surface area contributed by atoms with E-state index in [0.717, 1.165) is 12.8 Å². The lowest BCUT2D eigenvalue weighted by Crippen LogP contribution is -2.54. The van der Waals surface area contributed by atoms with Crippen LogP contribution < -0.4 is 5.73 Å². The third-order valence-electron chi connectivity index (χ3n) is 4.73. The van der Waals surface area contributed by atoms with E-state index in [4.69, 9.17) is 17.3 Å². The fourth-order valence-electron chi connectivity index (χ4n) is 3.39. The number of aromatic amines is 1. The van der Waals surface area contributed by atoms with E-state index < -0.39 is 5.54 Å². The number of hydrogen-bond acceptors (Lipinski definition) is 6. The molecule has 7 nitrogen and oxygen atoms in total. The summed E-state index contributed by atoms with van der Waals surface area (Å²) in [6.45, 7) is 0. The highest BCUT2D eigenvalue weighted by Gasteiger charge is 2.47. The number of ketones is 1. The minimum Gasteiger partial charge on any atom is -0.368 e. The number of anilines is 1. The number of H-pyrrole nitrogens is 1. The molecule has 0 saturated heterocycles. The lowest BCUT2D eigenvalue weighted by molar-refractivity contribution is -0.146. The van der Waals surface area contributed by atoms with Gasteiger partial charge in [-0.15, -0.1) is 5.10 Å². The first-order valence-electron chi connectivity index (χ1n) is 8.31. The maximum Gasteiger partial charge on any atom is 0.233 e. The van der Waals surface area contributed by atoms with Gasteiger partial charge in [-0.2, -0.15) is 4.98 Å². The summed E-state index contributed by atoms with van der Waals surface area (Å²) >= 11 is 7.58. The summed E-state index contributed by atoms with van der Waals surface area (Å²) in [6, 6.07) is 7.24. The zero-order valence-electron chi connectivity index (χ0n) is 14.4. The van der Waals surface area contributed by atoms with Crippen molar-refractivity contribution in [3.05, 3.63) is 34.9 Å². The minimum atomic E-state index is -1.02. The molecule has 1 saturated carbocycles. The van der Waals surface area contributed by atoms with Gasteiger partial charge in [-0.25, -0.2) is 5.10 Å². The smallest absolute Gasteiger partial charge is 0.233 e. The Bertz CT molecular complexity index is 827. The summed E-state index contributed by atoms with van der Waals surface area (Å²) in [4.78, 5) is 31.4. The highest BCUT2D eigenvalue weighted by Crippen LogP contribution is 2.42. The van der Waals surface area contributed by atoms with Crippen LogP contribution in [-0.4, -0.2) is 44.6 Å². The van der Waals surface area contributed by atoms with Crippen molar-refractivity contribution >= 4 is 41.0 Å². The van der Waals surface area contributed by atoms with Gasteiger partial charge in [0, 0.05) is 24.1 Å². The summed E-state index contributed by atoms with van der Waals surface area (Å²) in [5.74, 6) is 0.143. The average molecular weight is 394 g/mol. The second-order valence-electron chi connectivity index (χ2n) is 6.22. The number of hydrogen-bond donors (Lipinski definition) is 2. The Kier molecular flexibility index (Phi) is 5.52. The molecule has 26 heavy (non-hydrogen) atoms. The van der Waals surface area contributed by atoms with Crippen molar-refractivity contribution < 1.29 is 9.59 Å². The number of aromatic nitrogens is 3. The maximum absolute atomic E-state index is 13.0. The topological polar surface area (TPSA) is 105 Å². The van der Waals surface area contributed by atoms with Crippen molar-refractivity contribution in [2.45, 2.75) is 36.4 Å². The first kappa shape index (κ1) is 18.7. The fraction of sp³-hybridized carbons (Fsp3) is 0.412. The van der Waals surface area contributed by atoms with Crippen molar-refractivity contribution in [3.8, 4) is 0 Å². The van der Waals surface area contributed by atoms with Gasteiger partial charge in [-0.05, 0) is 25.3 Å². The highest BCUT2D eigenvalue weighted by atomic mass is 35.5. The van der Waals surface area contributed by atoms with Gasteiger partial charge in [-0.3, -0.25) is 9.59 Å². The molecule has 1 fully saturated rings. The molecule has 1 aromatic carbocycles. The number of nitrogens with two attached hydrogens (primary N) is 1. The second-order valence-corrected chi connectivity index (χ2v) is 7.56. The predicted octanol–water partition coefficient (Wildman–Crippen LogP) is 2.63. The number of nitrogens with zero attached hydrogens (tertiary/aromatic N) is 3. The number of halogens is 1. The number of carbonyl (C=O) groups is 2. The average Bonchev–Trinajstić information content (AvgIpc) is 3.06. The van der Waals surface area contributed by atoms with Crippen molar-refractivity contribution in [2.75, 3.05) is 18.5 Å².